The van der Waals surface area contributed by atoms with E-state index in [4.69, 9.17) is 10.5 Å². The largest absolute Gasteiger partial charge is 0.366 e. The molecular weight excluding hydrogens is 631 g/mol. The Hall–Kier alpha value is -2.95. The first-order valence-corrected chi connectivity index (χ1v) is 13.2. The van der Waals surface area contributed by atoms with Crippen LogP contribution < -0.4 is 21.1 Å². The Morgan fingerprint density at radius 2 is 1.81 bits per heavy atom. The van der Waals surface area contributed by atoms with E-state index in [-0.39, 0.29) is 24.6 Å². The average molecular weight is 650 g/mol. The van der Waals surface area contributed by atoms with E-state index >= 15 is 13.2 Å². The van der Waals surface area contributed by atoms with Gasteiger partial charge in [0.05, 0.1) is 36.0 Å². The van der Waals surface area contributed by atoms with E-state index in [2.05, 4.69) is 15.4 Å². The van der Waals surface area contributed by atoms with Crippen LogP contribution in [-0.4, -0.2) is 33.0 Å². The van der Waals surface area contributed by atoms with Crippen LogP contribution in [0.3, 0.4) is 0 Å². The van der Waals surface area contributed by atoms with Gasteiger partial charge in [-0.1, -0.05) is 12.1 Å². The fraction of sp³-hybridized carbons (Fsp3) is 0.174. The summed E-state index contributed by atoms with van der Waals surface area (Å²) < 4.78 is 92.1. The number of halogens is 5. The van der Waals surface area contributed by atoms with Gasteiger partial charge in [0.1, 0.15) is 5.82 Å². The predicted molar refractivity (Wildman–Crippen MR) is 137 cm³/mol. The van der Waals surface area contributed by atoms with E-state index in [9.17, 15) is 17.6 Å². The molecule has 5 N–H and O–H groups in total. The molecule has 0 saturated carbocycles. The third-order valence-electron chi connectivity index (χ3n) is 5.51. The molecule has 3 aromatic carbocycles. The SMILES string of the molecule is NC(=O)c1cc(Cc2cccc(NS(=O)(=O)C3COCN3)c2F)c(F)c(F)c1Nc1ccc(I)cc1F. The molecule has 1 fully saturated rings. The Bertz CT molecular complexity index is 1480. The number of rotatable bonds is 8. The minimum atomic E-state index is -4.06. The van der Waals surface area contributed by atoms with Crippen molar-refractivity contribution in [2.24, 2.45) is 5.73 Å². The van der Waals surface area contributed by atoms with Crippen LogP contribution in [0.5, 0.6) is 0 Å². The highest BCUT2D eigenvalue weighted by Gasteiger charge is 2.30. The van der Waals surface area contributed by atoms with Gasteiger partial charge in [0, 0.05) is 9.99 Å². The molecule has 3 aromatic rings. The van der Waals surface area contributed by atoms with Crippen molar-refractivity contribution in [2.45, 2.75) is 11.8 Å². The maximum atomic E-state index is 15.2. The van der Waals surface area contributed by atoms with Gasteiger partial charge in [-0.2, -0.15) is 0 Å². The smallest absolute Gasteiger partial charge is 0.251 e. The van der Waals surface area contributed by atoms with Crippen LogP contribution in [0.15, 0.2) is 42.5 Å². The number of nitrogens with one attached hydrogen (secondary N) is 3. The van der Waals surface area contributed by atoms with E-state index in [1.165, 1.54) is 30.3 Å². The summed E-state index contributed by atoms with van der Waals surface area (Å²) in [6.45, 7) is -0.119. The van der Waals surface area contributed by atoms with Gasteiger partial charge in [-0.15, -0.1) is 0 Å². The zero-order valence-electron chi connectivity index (χ0n) is 18.7. The molecule has 1 saturated heterocycles. The number of amides is 1. The maximum absolute atomic E-state index is 15.2. The van der Waals surface area contributed by atoms with Crippen molar-refractivity contribution in [1.82, 2.24) is 5.32 Å². The highest BCUT2D eigenvalue weighted by atomic mass is 127. The second kappa shape index (κ2) is 10.8. The number of primary amides is 1. The molecule has 1 aliphatic heterocycles. The number of anilines is 3. The molecule has 4 rings (SSSR count). The van der Waals surface area contributed by atoms with Crippen LogP contribution in [0.4, 0.5) is 34.6 Å². The van der Waals surface area contributed by atoms with E-state index < -0.39 is 73.5 Å². The summed E-state index contributed by atoms with van der Waals surface area (Å²) in [5.41, 5.74) is 2.96. The fourth-order valence-electron chi connectivity index (χ4n) is 3.65. The third kappa shape index (κ3) is 5.81. The summed E-state index contributed by atoms with van der Waals surface area (Å²) in [5, 5.41) is 3.85. The van der Waals surface area contributed by atoms with Gasteiger partial charge in [0.2, 0.25) is 0 Å². The molecular formula is C23H19F4IN4O4S. The van der Waals surface area contributed by atoms with Gasteiger partial charge in [-0.25, -0.2) is 26.0 Å². The summed E-state index contributed by atoms with van der Waals surface area (Å²) in [5.74, 6) is -5.87. The second-order valence-electron chi connectivity index (χ2n) is 8.01. The zero-order chi connectivity index (χ0) is 26.9. The number of hydrogen-bond donors (Lipinski definition) is 4. The molecule has 37 heavy (non-hydrogen) atoms. The monoisotopic (exact) mass is 650 g/mol. The topological polar surface area (TPSA) is 123 Å². The summed E-state index contributed by atoms with van der Waals surface area (Å²) in [7, 11) is -4.06. The molecule has 0 aromatic heterocycles. The van der Waals surface area contributed by atoms with Crippen molar-refractivity contribution in [3.63, 3.8) is 0 Å². The lowest BCUT2D eigenvalue weighted by Gasteiger charge is -2.17. The Labute approximate surface area is 222 Å². The van der Waals surface area contributed by atoms with Gasteiger partial charge in [-0.05, 0) is 64.0 Å². The van der Waals surface area contributed by atoms with Gasteiger partial charge in [0.25, 0.3) is 15.9 Å². The van der Waals surface area contributed by atoms with Gasteiger partial charge in [-0.3, -0.25) is 14.8 Å². The highest BCUT2D eigenvalue weighted by Crippen LogP contribution is 2.32. The summed E-state index contributed by atoms with van der Waals surface area (Å²) in [6, 6.07) is 8.62. The molecule has 1 amide bonds. The Balaban J connectivity index is 1.67. The first-order valence-electron chi connectivity index (χ1n) is 10.6. The highest BCUT2D eigenvalue weighted by molar-refractivity contribution is 14.1. The third-order valence-corrected chi connectivity index (χ3v) is 7.73. The number of benzene rings is 3. The van der Waals surface area contributed by atoms with E-state index in [0.29, 0.717) is 3.57 Å². The first kappa shape index (κ1) is 27.1. The van der Waals surface area contributed by atoms with Crippen LogP contribution in [0.2, 0.25) is 0 Å². The van der Waals surface area contributed by atoms with Crippen molar-refractivity contribution >= 4 is 55.6 Å². The standard InChI is InChI=1S/C23H19F4IN4O4S/c24-15-8-13(28)4-5-16(15)31-22-14(23(29)33)7-12(20(26)21(22)27)6-11-2-1-3-17(19(11)25)32-37(34,35)18-9-36-10-30-18/h1-5,7-8,18,30-32H,6,9-10H2,(H2,29,33). The van der Waals surface area contributed by atoms with Crippen LogP contribution in [-0.2, 0) is 21.2 Å². The molecule has 1 unspecified atom stereocenters. The number of carbonyl (C=O) groups is 1. The van der Waals surface area contributed by atoms with Crippen molar-refractivity contribution < 1.29 is 35.5 Å². The number of hydrogen-bond acceptors (Lipinski definition) is 6. The second-order valence-corrected chi connectivity index (χ2v) is 11.1. The molecule has 1 heterocycles. The lowest BCUT2D eigenvalue weighted by Crippen LogP contribution is -2.37. The number of nitrogens with two attached hydrogens (primary N) is 1. The van der Waals surface area contributed by atoms with E-state index in [1.807, 2.05) is 22.6 Å². The molecule has 0 aliphatic carbocycles. The predicted octanol–water partition coefficient (Wildman–Crippen LogP) is 3.93. The summed E-state index contributed by atoms with van der Waals surface area (Å²) in [6.07, 6.45) is -0.548. The molecule has 0 spiro atoms. The summed E-state index contributed by atoms with van der Waals surface area (Å²) in [4.78, 5) is 12.1. The minimum absolute atomic E-state index is 0.0161. The van der Waals surface area contributed by atoms with Gasteiger partial charge < -0.3 is 15.8 Å². The molecule has 0 radical (unpaired) electrons. The van der Waals surface area contributed by atoms with Crippen molar-refractivity contribution in [1.29, 1.82) is 0 Å². The number of sulfonamides is 1. The zero-order valence-corrected chi connectivity index (χ0v) is 21.7. The average Bonchev–Trinajstić information content (AvgIpc) is 3.38. The van der Waals surface area contributed by atoms with Crippen LogP contribution >= 0.6 is 22.6 Å². The molecule has 14 heteroatoms. The molecule has 1 atom stereocenters. The van der Waals surface area contributed by atoms with Gasteiger partial charge >= 0.3 is 0 Å². The van der Waals surface area contributed by atoms with Crippen molar-refractivity contribution in [3.8, 4) is 0 Å². The Morgan fingerprint density at radius 3 is 2.46 bits per heavy atom. The van der Waals surface area contributed by atoms with Gasteiger partial charge in [0.15, 0.2) is 22.8 Å². The fourth-order valence-corrected chi connectivity index (χ4v) is 5.27. The van der Waals surface area contributed by atoms with E-state index in [0.717, 1.165) is 12.1 Å². The molecule has 1 aliphatic rings. The van der Waals surface area contributed by atoms with E-state index in [1.54, 1.807) is 0 Å². The Kier molecular flexibility index (Phi) is 7.91. The lowest BCUT2D eigenvalue weighted by atomic mass is 9.99. The molecule has 196 valence electrons. The quantitative estimate of drug-likeness (QED) is 0.217. The first-order chi connectivity index (χ1) is 17.5. The maximum Gasteiger partial charge on any atom is 0.251 e. The molecule has 0 bridgehead atoms. The van der Waals surface area contributed by atoms with Crippen molar-refractivity contribution in [3.05, 3.63) is 86.0 Å². The number of ether oxygens (including phenoxy) is 1. The van der Waals surface area contributed by atoms with Crippen LogP contribution in [0.1, 0.15) is 21.5 Å². The Morgan fingerprint density at radius 1 is 1.05 bits per heavy atom. The minimum Gasteiger partial charge on any atom is -0.366 e. The van der Waals surface area contributed by atoms with Crippen LogP contribution in [0.25, 0.3) is 0 Å². The van der Waals surface area contributed by atoms with Crippen LogP contribution in [0, 0.1) is 26.8 Å². The summed E-state index contributed by atoms with van der Waals surface area (Å²) >= 11 is 1.87. The number of carbonyl (C=O) groups excluding carboxylic acids is 1. The molecule has 8 nitrogen and oxygen atoms in total. The normalized spacial score (nSPS) is 15.5. The lowest BCUT2D eigenvalue weighted by molar-refractivity contribution is 0.100. The van der Waals surface area contributed by atoms with Crippen molar-refractivity contribution in [2.75, 3.05) is 23.4 Å².